The highest BCUT2D eigenvalue weighted by Crippen LogP contribution is 2.28. The summed E-state index contributed by atoms with van der Waals surface area (Å²) >= 11 is 0. The molecular formula is C27H31N5O3. The van der Waals surface area contributed by atoms with Crippen molar-refractivity contribution in [1.29, 1.82) is 0 Å². The first-order chi connectivity index (χ1) is 17.2. The van der Waals surface area contributed by atoms with E-state index in [2.05, 4.69) is 15.4 Å². The lowest BCUT2D eigenvalue weighted by Gasteiger charge is -2.22. The Morgan fingerprint density at radius 1 is 1.20 bits per heavy atom. The van der Waals surface area contributed by atoms with Crippen LogP contribution in [0.4, 0.5) is 0 Å². The van der Waals surface area contributed by atoms with Crippen LogP contribution in [0.25, 0.3) is 22.0 Å². The van der Waals surface area contributed by atoms with Crippen LogP contribution in [0, 0.1) is 0 Å². The van der Waals surface area contributed by atoms with Crippen molar-refractivity contribution >= 4 is 10.9 Å². The number of nitrogens with one attached hydrogen (secondary N) is 1. The molecule has 182 valence electrons. The minimum atomic E-state index is -0.170. The molecule has 2 aromatic heterocycles. The van der Waals surface area contributed by atoms with Gasteiger partial charge in [0, 0.05) is 18.4 Å². The zero-order valence-electron chi connectivity index (χ0n) is 20.2. The van der Waals surface area contributed by atoms with E-state index in [1.807, 2.05) is 66.6 Å². The summed E-state index contributed by atoms with van der Waals surface area (Å²) in [6, 6.07) is 13.5. The molecule has 2 atom stereocenters. The number of nitrogens with zero attached hydrogens (tertiary/aromatic N) is 4. The molecule has 1 fully saturated rings. The van der Waals surface area contributed by atoms with Crippen molar-refractivity contribution in [3.05, 3.63) is 77.1 Å². The molecule has 3 heterocycles. The van der Waals surface area contributed by atoms with Crippen LogP contribution in [-0.2, 0) is 4.74 Å². The second-order valence-electron chi connectivity index (χ2n) is 8.90. The van der Waals surface area contributed by atoms with Gasteiger partial charge in [0.25, 0.3) is 5.56 Å². The maximum atomic E-state index is 13.7. The van der Waals surface area contributed by atoms with Crippen molar-refractivity contribution in [3.8, 4) is 16.9 Å². The van der Waals surface area contributed by atoms with Crippen LogP contribution in [0.2, 0.25) is 0 Å². The zero-order valence-corrected chi connectivity index (χ0v) is 20.2. The molecule has 2 unspecified atom stereocenters. The topological polar surface area (TPSA) is 83.2 Å². The van der Waals surface area contributed by atoms with Gasteiger partial charge in [0.15, 0.2) is 0 Å². The molecule has 4 aromatic rings. The van der Waals surface area contributed by atoms with Crippen LogP contribution in [0.5, 0.6) is 5.75 Å². The lowest BCUT2D eigenvalue weighted by Crippen LogP contribution is -2.28. The molecule has 1 aliphatic heterocycles. The van der Waals surface area contributed by atoms with Gasteiger partial charge in [-0.2, -0.15) is 5.10 Å². The highest BCUT2D eigenvalue weighted by Gasteiger charge is 2.19. The highest BCUT2D eigenvalue weighted by atomic mass is 16.5. The molecular weight excluding hydrogens is 442 g/mol. The molecule has 0 saturated carbocycles. The zero-order chi connectivity index (χ0) is 24.2. The fourth-order valence-electron chi connectivity index (χ4n) is 4.71. The van der Waals surface area contributed by atoms with Gasteiger partial charge in [-0.25, -0.2) is 9.67 Å². The summed E-state index contributed by atoms with van der Waals surface area (Å²) < 4.78 is 14.9. The molecule has 8 heteroatoms. The van der Waals surface area contributed by atoms with Gasteiger partial charge in [-0.1, -0.05) is 18.2 Å². The normalized spacial score (nSPS) is 16.9. The Labute approximate surface area is 204 Å². The third kappa shape index (κ3) is 4.85. The summed E-state index contributed by atoms with van der Waals surface area (Å²) in [5, 5.41) is 8.31. The molecule has 2 aromatic carbocycles. The van der Waals surface area contributed by atoms with E-state index in [-0.39, 0.29) is 17.8 Å². The summed E-state index contributed by atoms with van der Waals surface area (Å²) in [5.41, 5.74) is 3.51. The number of methoxy groups -OCH3 is 1. The lowest BCUT2D eigenvalue weighted by molar-refractivity contribution is -0.0394. The van der Waals surface area contributed by atoms with Crippen LogP contribution < -0.4 is 15.6 Å². The van der Waals surface area contributed by atoms with Crippen molar-refractivity contribution in [1.82, 2.24) is 24.6 Å². The molecule has 8 nitrogen and oxygen atoms in total. The van der Waals surface area contributed by atoms with E-state index in [0.29, 0.717) is 10.9 Å². The van der Waals surface area contributed by atoms with E-state index >= 15 is 0 Å². The molecule has 0 bridgehead atoms. The number of fused-ring (bicyclic) bond motifs is 1. The molecule has 1 N–H and O–H groups in total. The SMILES string of the molecule is CNCCC(c1cccc(OC)c1)n1cnc2ccc(-c3cnn(C4CCCCO4)c3)cc2c1=O. The smallest absolute Gasteiger partial charge is 0.261 e. The maximum Gasteiger partial charge on any atom is 0.261 e. The van der Waals surface area contributed by atoms with Crippen LogP contribution in [0.15, 0.2) is 66.0 Å². The van der Waals surface area contributed by atoms with E-state index in [9.17, 15) is 4.79 Å². The van der Waals surface area contributed by atoms with Gasteiger partial charge in [0.1, 0.15) is 12.0 Å². The fraction of sp³-hybridized carbons (Fsp3) is 0.370. The second kappa shape index (κ2) is 10.4. The van der Waals surface area contributed by atoms with Gasteiger partial charge in [0.05, 0.1) is 36.6 Å². The molecule has 1 aliphatic rings. The Kier molecular flexibility index (Phi) is 6.92. The predicted octanol–water partition coefficient (Wildman–Crippen LogP) is 4.17. The number of rotatable bonds is 8. The summed E-state index contributed by atoms with van der Waals surface area (Å²) in [7, 11) is 3.56. The monoisotopic (exact) mass is 473 g/mol. The Morgan fingerprint density at radius 3 is 2.91 bits per heavy atom. The van der Waals surface area contributed by atoms with Gasteiger partial charge in [0.2, 0.25) is 0 Å². The van der Waals surface area contributed by atoms with Crippen molar-refractivity contribution in [2.24, 2.45) is 0 Å². The van der Waals surface area contributed by atoms with Crippen molar-refractivity contribution < 1.29 is 9.47 Å². The van der Waals surface area contributed by atoms with Crippen LogP contribution in [0.3, 0.4) is 0 Å². The largest absolute Gasteiger partial charge is 0.497 e. The Bertz CT molecular complexity index is 1360. The van der Waals surface area contributed by atoms with Crippen LogP contribution >= 0.6 is 0 Å². The van der Waals surface area contributed by atoms with Crippen molar-refractivity contribution in [3.63, 3.8) is 0 Å². The van der Waals surface area contributed by atoms with Gasteiger partial charge in [-0.3, -0.25) is 9.36 Å². The van der Waals surface area contributed by atoms with Gasteiger partial charge < -0.3 is 14.8 Å². The summed E-state index contributed by atoms with van der Waals surface area (Å²) in [6.07, 6.45) is 9.41. The first-order valence-electron chi connectivity index (χ1n) is 12.1. The minimum absolute atomic E-state index is 0.0207. The first-order valence-corrected chi connectivity index (χ1v) is 12.1. The Balaban J connectivity index is 1.53. The third-order valence-corrected chi connectivity index (χ3v) is 6.65. The molecule has 0 amide bonds. The maximum absolute atomic E-state index is 13.7. The van der Waals surface area contributed by atoms with Crippen molar-refractivity contribution in [2.75, 3.05) is 27.3 Å². The average molecular weight is 474 g/mol. The average Bonchev–Trinajstić information content (AvgIpc) is 3.41. The Hall–Kier alpha value is -3.49. The van der Waals surface area contributed by atoms with E-state index < -0.39 is 0 Å². The molecule has 0 spiro atoms. The van der Waals surface area contributed by atoms with E-state index in [0.717, 1.165) is 61.3 Å². The number of hydrogen-bond donors (Lipinski definition) is 1. The molecule has 0 radical (unpaired) electrons. The first kappa shape index (κ1) is 23.3. The molecule has 5 rings (SSSR count). The van der Waals surface area contributed by atoms with Crippen LogP contribution in [-0.4, -0.2) is 46.6 Å². The summed E-state index contributed by atoms with van der Waals surface area (Å²) in [4.78, 5) is 18.4. The molecule has 35 heavy (non-hydrogen) atoms. The Morgan fingerprint density at radius 2 is 2.11 bits per heavy atom. The van der Waals surface area contributed by atoms with Crippen LogP contribution in [0.1, 0.15) is 43.5 Å². The van der Waals surface area contributed by atoms with E-state index in [1.54, 1.807) is 18.0 Å². The quantitative estimate of drug-likeness (QED) is 0.414. The van der Waals surface area contributed by atoms with Gasteiger partial charge in [-0.15, -0.1) is 0 Å². The van der Waals surface area contributed by atoms with Crippen molar-refractivity contribution in [2.45, 2.75) is 38.0 Å². The minimum Gasteiger partial charge on any atom is -0.497 e. The van der Waals surface area contributed by atoms with Gasteiger partial charge >= 0.3 is 0 Å². The number of aromatic nitrogens is 4. The third-order valence-electron chi connectivity index (χ3n) is 6.65. The predicted molar refractivity (Wildman–Crippen MR) is 136 cm³/mol. The summed E-state index contributed by atoms with van der Waals surface area (Å²) in [6.45, 7) is 1.53. The number of benzene rings is 2. The summed E-state index contributed by atoms with van der Waals surface area (Å²) in [5.74, 6) is 0.764. The van der Waals surface area contributed by atoms with E-state index in [1.165, 1.54) is 0 Å². The van der Waals surface area contributed by atoms with Gasteiger partial charge in [-0.05, 0) is 74.7 Å². The van der Waals surface area contributed by atoms with E-state index in [4.69, 9.17) is 9.47 Å². The fourth-order valence-corrected chi connectivity index (χ4v) is 4.71. The highest BCUT2D eigenvalue weighted by molar-refractivity contribution is 5.83. The number of hydrogen-bond acceptors (Lipinski definition) is 6. The lowest BCUT2D eigenvalue weighted by atomic mass is 10.0. The number of ether oxygens (including phenoxy) is 2. The molecule has 0 aliphatic carbocycles. The molecule has 1 saturated heterocycles. The second-order valence-corrected chi connectivity index (χ2v) is 8.90. The standard InChI is InChI=1S/C27H31N5O3/c1-28-12-11-25(20-6-5-7-22(14-20)34-2)31-18-29-24-10-9-19(15-23(24)27(31)33)21-16-30-32(17-21)26-8-3-4-13-35-26/h5-7,9-10,14-18,25-26,28H,3-4,8,11-13H2,1-2H3.